The average Bonchev–Trinajstić information content (AvgIpc) is 2.46. The number of nitrogens with zero attached hydrogens (tertiary/aromatic N) is 3. The first kappa shape index (κ1) is 16.7. The summed E-state index contributed by atoms with van der Waals surface area (Å²) < 4.78 is 18.5. The first-order chi connectivity index (χ1) is 9.95. The minimum Gasteiger partial charge on any atom is -0.494 e. The van der Waals surface area contributed by atoms with Gasteiger partial charge in [0, 0.05) is 11.5 Å². The highest BCUT2D eigenvalue weighted by Gasteiger charge is 2.35. The van der Waals surface area contributed by atoms with Gasteiger partial charge in [0.1, 0.15) is 5.54 Å². The molecule has 0 aliphatic rings. The Bertz CT molecular complexity index is 560. The van der Waals surface area contributed by atoms with Gasteiger partial charge in [-0.15, -0.1) is 0 Å². The first-order valence-electron chi connectivity index (χ1n) is 6.29. The van der Waals surface area contributed by atoms with Crippen molar-refractivity contribution in [2.24, 2.45) is 5.11 Å². The van der Waals surface area contributed by atoms with E-state index in [9.17, 15) is 14.3 Å². The minimum atomic E-state index is -1.44. The van der Waals surface area contributed by atoms with E-state index < -0.39 is 17.3 Å². The monoisotopic (exact) mass is 296 g/mol. The number of nitrogens with one attached hydrogen (secondary N) is 1. The number of azide groups is 1. The molecule has 0 radical (unpaired) electrons. The van der Waals surface area contributed by atoms with Crippen LogP contribution in [0.1, 0.15) is 18.9 Å². The van der Waals surface area contributed by atoms with Crippen LogP contribution in [0.2, 0.25) is 0 Å². The lowest BCUT2D eigenvalue weighted by Crippen LogP contribution is -2.47. The van der Waals surface area contributed by atoms with Crippen LogP contribution in [0.4, 0.5) is 4.39 Å². The Kier molecular flexibility index (Phi) is 5.95. The Morgan fingerprint density at radius 1 is 1.62 bits per heavy atom. The van der Waals surface area contributed by atoms with Crippen LogP contribution < -0.4 is 10.1 Å². The van der Waals surface area contributed by atoms with E-state index in [1.807, 2.05) is 0 Å². The van der Waals surface area contributed by atoms with Crippen LogP contribution in [-0.2, 0) is 10.3 Å². The second-order valence-electron chi connectivity index (χ2n) is 4.51. The first-order valence-corrected chi connectivity index (χ1v) is 6.29. The summed E-state index contributed by atoms with van der Waals surface area (Å²) in [6, 6.07) is 4.01. The number of methoxy groups -OCH3 is 1. The van der Waals surface area contributed by atoms with E-state index in [4.69, 9.17) is 10.3 Å². The molecule has 0 saturated heterocycles. The second-order valence-corrected chi connectivity index (χ2v) is 4.51. The summed E-state index contributed by atoms with van der Waals surface area (Å²) in [4.78, 5) is 14.1. The highest BCUT2D eigenvalue weighted by Crippen LogP contribution is 2.26. The molecule has 1 aromatic rings. The summed E-state index contributed by atoms with van der Waals surface area (Å²) in [5.74, 6) is -1.70. The van der Waals surface area contributed by atoms with Gasteiger partial charge in [-0.2, -0.15) is 0 Å². The lowest BCUT2D eigenvalue weighted by Gasteiger charge is -2.27. The zero-order chi connectivity index (χ0) is 15.9. The molecule has 0 amide bonds. The fraction of sp³-hybridized carbons (Fsp3) is 0.462. The van der Waals surface area contributed by atoms with Gasteiger partial charge in [0.25, 0.3) is 0 Å². The van der Waals surface area contributed by atoms with Crippen LogP contribution in [0, 0.1) is 5.82 Å². The van der Waals surface area contributed by atoms with Gasteiger partial charge in [-0.05, 0) is 43.1 Å². The van der Waals surface area contributed by atoms with Crippen molar-refractivity contribution in [1.29, 1.82) is 0 Å². The summed E-state index contributed by atoms with van der Waals surface area (Å²) in [7, 11) is 1.34. The Morgan fingerprint density at radius 3 is 2.86 bits per heavy atom. The van der Waals surface area contributed by atoms with E-state index in [0.29, 0.717) is 13.0 Å². The van der Waals surface area contributed by atoms with Crippen molar-refractivity contribution in [3.8, 4) is 5.75 Å². The number of ether oxygens (including phenoxy) is 1. The normalized spacial score (nSPS) is 13.1. The highest BCUT2D eigenvalue weighted by atomic mass is 19.1. The van der Waals surface area contributed by atoms with E-state index in [1.165, 1.54) is 26.2 Å². The zero-order valence-corrected chi connectivity index (χ0v) is 11.8. The summed E-state index contributed by atoms with van der Waals surface area (Å²) in [6.45, 7) is 2.02. The number of halogens is 1. The number of hydrogen-bond donors (Lipinski definition) is 2. The van der Waals surface area contributed by atoms with E-state index >= 15 is 0 Å². The number of aliphatic carboxylic acids is 1. The van der Waals surface area contributed by atoms with Gasteiger partial charge in [-0.1, -0.05) is 11.2 Å². The molecule has 21 heavy (non-hydrogen) atoms. The molecule has 0 aliphatic heterocycles. The molecule has 8 heteroatoms. The quantitative estimate of drug-likeness (QED) is 0.332. The third-order valence-corrected chi connectivity index (χ3v) is 3.13. The van der Waals surface area contributed by atoms with Gasteiger partial charge in [0.15, 0.2) is 11.6 Å². The van der Waals surface area contributed by atoms with E-state index in [0.717, 1.165) is 6.07 Å². The van der Waals surface area contributed by atoms with Crippen LogP contribution in [0.3, 0.4) is 0 Å². The molecule has 2 N–H and O–H groups in total. The molecule has 1 rings (SSSR count). The summed E-state index contributed by atoms with van der Waals surface area (Å²) in [5, 5.41) is 15.6. The Hall–Kier alpha value is -2.31. The number of carbonyl (C=O) groups is 1. The Balaban J connectivity index is 2.91. The number of carboxylic acids is 1. The second kappa shape index (κ2) is 7.47. The largest absolute Gasteiger partial charge is 0.494 e. The van der Waals surface area contributed by atoms with E-state index in [2.05, 4.69) is 15.3 Å². The van der Waals surface area contributed by atoms with Crippen molar-refractivity contribution in [2.75, 3.05) is 20.2 Å². The van der Waals surface area contributed by atoms with E-state index in [1.54, 1.807) is 0 Å². The molecule has 1 aromatic carbocycles. The number of carboxylic acid groups (broad SMARTS) is 1. The topological polar surface area (TPSA) is 107 Å². The molecular formula is C13H17FN4O3. The van der Waals surface area contributed by atoms with Crippen molar-refractivity contribution < 1.29 is 19.0 Å². The molecule has 0 aliphatic carbocycles. The predicted octanol–water partition coefficient (Wildman–Crippen LogP) is 2.42. The predicted molar refractivity (Wildman–Crippen MR) is 74.6 cm³/mol. The van der Waals surface area contributed by atoms with Crippen LogP contribution in [-0.4, -0.2) is 31.3 Å². The minimum absolute atomic E-state index is 0.0508. The summed E-state index contributed by atoms with van der Waals surface area (Å²) in [6.07, 6.45) is 0.478. The van der Waals surface area contributed by atoms with Gasteiger partial charge < -0.3 is 9.84 Å². The number of rotatable bonds is 8. The molecule has 114 valence electrons. The average molecular weight is 296 g/mol. The number of hydrogen-bond acceptors (Lipinski definition) is 4. The molecule has 0 aromatic heterocycles. The zero-order valence-electron chi connectivity index (χ0n) is 11.8. The Morgan fingerprint density at radius 2 is 2.33 bits per heavy atom. The SMILES string of the molecule is COc1ccc(C(C)(NCCCN=[N+]=[N-])C(=O)O)cc1F. The molecular weight excluding hydrogens is 279 g/mol. The van der Waals surface area contributed by atoms with Gasteiger partial charge >= 0.3 is 5.97 Å². The smallest absolute Gasteiger partial charge is 0.328 e. The van der Waals surface area contributed by atoms with Crippen LogP contribution in [0.5, 0.6) is 5.75 Å². The maximum atomic E-state index is 13.7. The fourth-order valence-electron chi connectivity index (χ4n) is 1.81. The molecule has 1 atom stereocenters. The lowest BCUT2D eigenvalue weighted by molar-refractivity contribution is -0.144. The van der Waals surface area contributed by atoms with Gasteiger partial charge in [0.05, 0.1) is 7.11 Å². The van der Waals surface area contributed by atoms with Crippen molar-refractivity contribution in [2.45, 2.75) is 18.9 Å². The maximum absolute atomic E-state index is 13.7. The molecule has 0 spiro atoms. The van der Waals surface area contributed by atoms with Crippen molar-refractivity contribution in [1.82, 2.24) is 5.32 Å². The molecule has 7 nitrogen and oxygen atoms in total. The van der Waals surface area contributed by atoms with Crippen LogP contribution in [0.15, 0.2) is 23.3 Å². The third kappa shape index (κ3) is 4.08. The molecule has 0 heterocycles. The Labute approximate surface area is 121 Å². The maximum Gasteiger partial charge on any atom is 0.328 e. The van der Waals surface area contributed by atoms with Gasteiger partial charge in [-0.25, -0.2) is 9.18 Å². The van der Waals surface area contributed by atoms with E-state index in [-0.39, 0.29) is 17.9 Å². The lowest BCUT2D eigenvalue weighted by atomic mass is 9.91. The molecule has 0 fully saturated rings. The van der Waals surface area contributed by atoms with Crippen molar-refractivity contribution in [3.63, 3.8) is 0 Å². The third-order valence-electron chi connectivity index (χ3n) is 3.13. The van der Waals surface area contributed by atoms with Crippen molar-refractivity contribution in [3.05, 3.63) is 40.0 Å². The van der Waals surface area contributed by atoms with Gasteiger partial charge in [0.2, 0.25) is 0 Å². The van der Waals surface area contributed by atoms with Crippen LogP contribution >= 0.6 is 0 Å². The van der Waals surface area contributed by atoms with Crippen LogP contribution in [0.25, 0.3) is 10.4 Å². The molecule has 0 saturated carbocycles. The van der Waals surface area contributed by atoms with Crippen molar-refractivity contribution >= 4 is 5.97 Å². The fourth-order valence-corrected chi connectivity index (χ4v) is 1.81. The summed E-state index contributed by atoms with van der Waals surface area (Å²) >= 11 is 0. The standard InChI is InChI=1S/C13H17FN4O3/c1-13(12(19)20,16-6-3-7-17-18-15)9-4-5-11(21-2)10(14)8-9/h4-5,8,16H,3,6-7H2,1-2H3,(H,19,20). The number of benzene rings is 1. The molecule has 0 bridgehead atoms. The molecule has 1 unspecified atom stereocenters. The summed E-state index contributed by atoms with van der Waals surface area (Å²) in [5.41, 5.74) is 7.00. The highest BCUT2D eigenvalue weighted by molar-refractivity contribution is 5.80. The van der Waals surface area contributed by atoms with Gasteiger partial charge in [-0.3, -0.25) is 5.32 Å².